The first kappa shape index (κ1) is 20.4. The van der Waals surface area contributed by atoms with E-state index in [9.17, 15) is 9.59 Å². The molecule has 29 heavy (non-hydrogen) atoms. The molecule has 1 fully saturated rings. The van der Waals surface area contributed by atoms with Gasteiger partial charge in [0.1, 0.15) is 18.9 Å². The van der Waals surface area contributed by atoms with Crippen molar-refractivity contribution < 1.29 is 23.8 Å². The van der Waals surface area contributed by atoms with Crippen LogP contribution in [0.4, 0.5) is 5.69 Å². The second-order valence-corrected chi connectivity index (χ2v) is 6.52. The molecule has 2 aromatic rings. The molecule has 1 aliphatic rings. The molecule has 150 valence electrons. The first-order valence-electron chi connectivity index (χ1n) is 9.41. The van der Waals surface area contributed by atoms with Gasteiger partial charge < -0.3 is 14.2 Å². The zero-order valence-electron chi connectivity index (χ0n) is 16.0. The Kier molecular flexibility index (Phi) is 7.20. The van der Waals surface area contributed by atoms with Crippen LogP contribution in [0.3, 0.4) is 0 Å². The van der Waals surface area contributed by atoms with E-state index in [1.54, 1.807) is 48.5 Å². The molecular formula is C22H22N2O5. The number of rotatable bonds is 8. The molecule has 7 nitrogen and oxygen atoms in total. The molecular weight excluding hydrogens is 372 g/mol. The van der Waals surface area contributed by atoms with Gasteiger partial charge in [-0.3, -0.25) is 9.69 Å². The van der Waals surface area contributed by atoms with Crippen molar-refractivity contribution in [3.63, 3.8) is 0 Å². The summed E-state index contributed by atoms with van der Waals surface area (Å²) in [5.74, 6) is -0.450. The standard InChI is InChI=1S/C22H22N2O5/c23-12-13-24(18-5-2-1-3-6-18)21(25)16-29-22(26)17-8-10-19(11-9-17)28-15-20-7-4-14-27-20/h1-3,5-6,8-11,20H,4,7,13-16H2/t20-/m0/s1. The van der Waals surface area contributed by atoms with E-state index in [0.717, 1.165) is 19.4 Å². The van der Waals surface area contributed by atoms with Crippen molar-refractivity contribution in [2.45, 2.75) is 18.9 Å². The summed E-state index contributed by atoms with van der Waals surface area (Å²) in [6.07, 6.45) is 2.16. The fourth-order valence-electron chi connectivity index (χ4n) is 2.94. The Morgan fingerprint density at radius 3 is 2.55 bits per heavy atom. The van der Waals surface area contributed by atoms with Crippen LogP contribution in [0.2, 0.25) is 0 Å². The molecule has 1 amide bonds. The van der Waals surface area contributed by atoms with Gasteiger partial charge in [-0.2, -0.15) is 5.26 Å². The SMILES string of the molecule is N#CCN(C(=O)COC(=O)c1ccc(OC[C@@H]2CCCO2)cc1)c1ccccc1. The zero-order valence-corrected chi connectivity index (χ0v) is 16.0. The first-order valence-corrected chi connectivity index (χ1v) is 9.41. The fraction of sp³-hybridized carbons (Fsp3) is 0.318. The molecule has 3 rings (SSSR count). The maximum atomic E-state index is 12.4. The van der Waals surface area contributed by atoms with Gasteiger partial charge >= 0.3 is 5.97 Å². The van der Waals surface area contributed by atoms with Crippen molar-refractivity contribution in [3.8, 4) is 11.8 Å². The van der Waals surface area contributed by atoms with Crippen LogP contribution in [0.1, 0.15) is 23.2 Å². The van der Waals surface area contributed by atoms with E-state index in [-0.39, 0.29) is 12.6 Å². The van der Waals surface area contributed by atoms with Gasteiger partial charge in [0, 0.05) is 12.3 Å². The number of ether oxygens (including phenoxy) is 3. The van der Waals surface area contributed by atoms with E-state index in [4.69, 9.17) is 19.5 Å². The summed E-state index contributed by atoms with van der Waals surface area (Å²) in [6, 6.07) is 17.2. The third kappa shape index (κ3) is 5.80. The van der Waals surface area contributed by atoms with Crippen LogP contribution in [0.25, 0.3) is 0 Å². The van der Waals surface area contributed by atoms with E-state index in [1.807, 2.05) is 12.1 Å². The first-order chi connectivity index (χ1) is 14.2. The lowest BCUT2D eigenvalue weighted by atomic mass is 10.2. The van der Waals surface area contributed by atoms with Gasteiger partial charge in [-0.1, -0.05) is 18.2 Å². The third-order valence-electron chi connectivity index (χ3n) is 4.47. The normalized spacial score (nSPS) is 15.3. The molecule has 1 saturated heterocycles. The minimum atomic E-state index is -0.617. The minimum Gasteiger partial charge on any atom is -0.491 e. The smallest absolute Gasteiger partial charge is 0.338 e. The zero-order chi connectivity index (χ0) is 20.5. The van der Waals surface area contributed by atoms with Gasteiger partial charge in [-0.05, 0) is 49.2 Å². The number of benzene rings is 2. The van der Waals surface area contributed by atoms with Gasteiger partial charge in [0.15, 0.2) is 6.61 Å². The topological polar surface area (TPSA) is 88.9 Å². The summed E-state index contributed by atoms with van der Waals surface area (Å²) in [5, 5.41) is 8.97. The Bertz CT molecular complexity index is 855. The number of amides is 1. The molecule has 1 atom stereocenters. The van der Waals surface area contributed by atoms with Crippen molar-refractivity contribution >= 4 is 17.6 Å². The largest absolute Gasteiger partial charge is 0.491 e. The van der Waals surface area contributed by atoms with Crippen LogP contribution in [0.5, 0.6) is 5.75 Å². The summed E-state index contributed by atoms with van der Waals surface area (Å²) in [6.45, 7) is 0.671. The number of carbonyl (C=O) groups excluding carboxylic acids is 2. The van der Waals surface area contributed by atoms with Crippen LogP contribution < -0.4 is 9.64 Å². The van der Waals surface area contributed by atoms with E-state index < -0.39 is 18.5 Å². The summed E-state index contributed by atoms with van der Waals surface area (Å²) < 4.78 is 16.3. The number of nitrogens with zero attached hydrogens (tertiary/aromatic N) is 2. The Morgan fingerprint density at radius 2 is 1.90 bits per heavy atom. The van der Waals surface area contributed by atoms with Crippen molar-refractivity contribution in [2.75, 3.05) is 31.3 Å². The molecule has 7 heteroatoms. The second kappa shape index (κ2) is 10.2. The van der Waals surface area contributed by atoms with E-state index in [2.05, 4.69) is 0 Å². The monoisotopic (exact) mass is 394 g/mol. The molecule has 0 spiro atoms. The Balaban J connectivity index is 1.51. The molecule has 0 aliphatic carbocycles. The van der Waals surface area contributed by atoms with Gasteiger partial charge in [0.05, 0.1) is 17.7 Å². The van der Waals surface area contributed by atoms with Gasteiger partial charge in [-0.15, -0.1) is 0 Å². The van der Waals surface area contributed by atoms with Crippen molar-refractivity contribution in [1.82, 2.24) is 0 Å². The molecule has 0 radical (unpaired) electrons. The summed E-state index contributed by atoms with van der Waals surface area (Å²) in [5.41, 5.74) is 0.886. The van der Waals surface area contributed by atoms with Gasteiger partial charge in [0.2, 0.25) is 0 Å². The predicted octanol–water partition coefficient (Wildman–Crippen LogP) is 2.96. The van der Waals surface area contributed by atoms with Crippen LogP contribution in [0, 0.1) is 11.3 Å². The summed E-state index contributed by atoms with van der Waals surface area (Å²) in [4.78, 5) is 25.9. The number of hydrogen-bond acceptors (Lipinski definition) is 6. The molecule has 0 bridgehead atoms. The third-order valence-corrected chi connectivity index (χ3v) is 4.47. The summed E-state index contributed by atoms with van der Waals surface area (Å²) >= 11 is 0. The molecule has 0 unspecified atom stereocenters. The highest BCUT2D eigenvalue weighted by molar-refractivity contribution is 5.97. The lowest BCUT2D eigenvalue weighted by Gasteiger charge is -2.19. The number of carbonyl (C=O) groups is 2. The number of nitriles is 1. The Morgan fingerprint density at radius 1 is 1.14 bits per heavy atom. The summed E-state index contributed by atoms with van der Waals surface area (Å²) in [7, 11) is 0. The van der Waals surface area contributed by atoms with Gasteiger partial charge in [-0.25, -0.2) is 4.79 Å². The molecule has 0 N–H and O–H groups in total. The van der Waals surface area contributed by atoms with Crippen molar-refractivity contribution in [3.05, 3.63) is 60.2 Å². The number of hydrogen-bond donors (Lipinski definition) is 0. The Hall–Kier alpha value is -3.37. The lowest BCUT2D eigenvalue weighted by Crippen LogP contribution is -2.35. The van der Waals surface area contributed by atoms with Crippen LogP contribution in [-0.4, -0.2) is 44.3 Å². The predicted molar refractivity (Wildman–Crippen MR) is 106 cm³/mol. The maximum absolute atomic E-state index is 12.4. The number of para-hydroxylation sites is 1. The van der Waals surface area contributed by atoms with Crippen LogP contribution >= 0.6 is 0 Å². The van der Waals surface area contributed by atoms with Gasteiger partial charge in [0.25, 0.3) is 5.91 Å². The highest BCUT2D eigenvalue weighted by Gasteiger charge is 2.18. The molecule has 0 saturated carbocycles. The number of anilines is 1. The highest BCUT2D eigenvalue weighted by Crippen LogP contribution is 2.17. The van der Waals surface area contributed by atoms with E-state index in [0.29, 0.717) is 23.6 Å². The Labute approximate surface area is 169 Å². The molecule has 0 aromatic heterocycles. The van der Waals surface area contributed by atoms with E-state index in [1.165, 1.54) is 4.90 Å². The quantitative estimate of drug-likeness (QED) is 0.505. The van der Waals surface area contributed by atoms with Crippen molar-refractivity contribution in [2.24, 2.45) is 0 Å². The van der Waals surface area contributed by atoms with Crippen LogP contribution in [0.15, 0.2) is 54.6 Å². The lowest BCUT2D eigenvalue weighted by molar-refractivity contribution is -0.121. The average Bonchev–Trinajstić information content (AvgIpc) is 3.29. The highest BCUT2D eigenvalue weighted by atomic mass is 16.5. The van der Waals surface area contributed by atoms with Crippen molar-refractivity contribution in [1.29, 1.82) is 5.26 Å². The molecule has 1 aliphatic heterocycles. The molecule has 1 heterocycles. The maximum Gasteiger partial charge on any atom is 0.338 e. The minimum absolute atomic E-state index is 0.117. The fourth-order valence-corrected chi connectivity index (χ4v) is 2.94. The van der Waals surface area contributed by atoms with E-state index >= 15 is 0 Å². The van der Waals surface area contributed by atoms with Crippen LogP contribution in [-0.2, 0) is 14.3 Å². The number of esters is 1. The molecule has 2 aromatic carbocycles. The second-order valence-electron chi connectivity index (χ2n) is 6.52. The average molecular weight is 394 g/mol.